The third-order valence-corrected chi connectivity index (χ3v) is 3.49. The van der Waals surface area contributed by atoms with E-state index in [-0.39, 0.29) is 7.11 Å². The van der Waals surface area contributed by atoms with Crippen molar-refractivity contribution >= 4 is 0 Å². The minimum atomic E-state index is -7.35. The van der Waals surface area contributed by atoms with E-state index in [0.29, 0.717) is 0 Å². The van der Waals surface area contributed by atoms with Gasteiger partial charge < -0.3 is 4.74 Å². The number of hydrogen-bond donors (Lipinski definition) is 0. The average Bonchev–Trinajstić information content (AvgIpc) is 2.50. The maximum Gasteiger partial charge on any atom is 0.437 e. The molecular weight excluding hydrogens is 478 g/mol. The largest absolute Gasteiger partial charge is 0.492 e. The molecule has 1 aromatic rings. The molecule has 0 unspecified atom stereocenters. The second-order valence-electron chi connectivity index (χ2n) is 5.28. The lowest BCUT2D eigenvalue weighted by atomic mass is 9.89. The number of aromatic nitrogens is 1. The van der Waals surface area contributed by atoms with Gasteiger partial charge in [-0.05, 0) is 0 Å². The highest BCUT2D eigenvalue weighted by atomic mass is 19.4. The summed E-state index contributed by atoms with van der Waals surface area (Å²) in [5, 5.41) is 0. The molecule has 1 heterocycles. The van der Waals surface area contributed by atoms with Crippen LogP contribution in [0, 0.1) is 11.8 Å². The molecule has 0 aliphatic heterocycles. The third kappa shape index (κ3) is 3.46. The normalized spacial score (nSPS) is 14.8. The molecule has 0 aromatic carbocycles. The summed E-state index contributed by atoms with van der Waals surface area (Å²) < 4.78 is 212. The van der Waals surface area contributed by atoms with Gasteiger partial charge in [-0.1, -0.05) is 0 Å². The topological polar surface area (TPSA) is 22.1 Å². The van der Waals surface area contributed by atoms with E-state index >= 15 is 0 Å². The van der Waals surface area contributed by atoms with Crippen molar-refractivity contribution in [2.45, 2.75) is 36.0 Å². The summed E-state index contributed by atoms with van der Waals surface area (Å²) in [6.45, 7) is 0. The van der Waals surface area contributed by atoms with Gasteiger partial charge in [-0.2, -0.15) is 57.1 Å². The first-order chi connectivity index (χ1) is 13.0. The summed E-state index contributed by atoms with van der Waals surface area (Å²) in [6, 6.07) is 0. The van der Waals surface area contributed by atoms with Crippen molar-refractivity contribution < 1.29 is 75.0 Å². The van der Waals surface area contributed by atoms with Crippen molar-refractivity contribution in [2.24, 2.45) is 0 Å². The van der Waals surface area contributed by atoms with Crippen LogP contribution in [0.3, 0.4) is 0 Å². The number of alkyl halides is 14. The van der Waals surface area contributed by atoms with Crippen molar-refractivity contribution in [3.8, 4) is 5.75 Å². The molecule has 2 nitrogen and oxygen atoms in total. The number of hydrogen-bond acceptors (Lipinski definition) is 2. The minimum Gasteiger partial charge on any atom is -0.492 e. The van der Waals surface area contributed by atoms with E-state index in [4.69, 9.17) is 0 Å². The lowest BCUT2D eigenvalue weighted by molar-refractivity contribution is -0.353. The molecule has 0 aliphatic carbocycles. The van der Waals surface area contributed by atoms with Crippen LogP contribution in [0.1, 0.15) is 11.3 Å². The lowest BCUT2D eigenvalue weighted by Crippen LogP contribution is -2.54. The molecule has 0 radical (unpaired) electrons. The molecule has 0 saturated heterocycles. The SMILES string of the molecule is COc1c(F)nc(C(F)(C(F)(F)F)C(F)(F)F)c(F)c1C(F)(C(F)(F)F)C(F)(F)F. The first kappa shape index (κ1) is 25.9. The second-order valence-corrected chi connectivity index (χ2v) is 5.28. The molecule has 0 saturated carbocycles. The number of nitrogens with zero attached hydrogens (tertiary/aromatic N) is 1. The number of halogens is 16. The highest BCUT2D eigenvalue weighted by molar-refractivity contribution is 5.44. The molecule has 1 aromatic heterocycles. The van der Waals surface area contributed by atoms with Crippen molar-refractivity contribution in [1.82, 2.24) is 4.98 Å². The maximum atomic E-state index is 14.2. The number of methoxy groups -OCH3 is 1. The van der Waals surface area contributed by atoms with Gasteiger partial charge in [0.05, 0.1) is 12.7 Å². The molecule has 0 N–H and O–H groups in total. The van der Waals surface area contributed by atoms with Crippen LogP contribution >= 0.6 is 0 Å². The quantitative estimate of drug-likeness (QED) is 0.394. The molecule has 0 atom stereocenters. The monoisotopic (exact) mass is 481 g/mol. The Kier molecular flexibility index (Phi) is 5.97. The van der Waals surface area contributed by atoms with Crippen LogP contribution in [0.25, 0.3) is 0 Å². The number of rotatable bonds is 3. The van der Waals surface area contributed by atoms with Gasteiger partial charge in [0.2, 0.25) is 0 Å². The molecular formula is C12H3F16NO. The summed E-state index contributed by atoms with van der Waals surface area (Å²) in [6.07, 6.45) is -29.4. The van der Waals surface area contributed by atoms with Gasteiger partial charge in [0.1, 0.15) is 5.69 Å². The Labute approximate surface area is 153 Å². The highest BCUT2D eigenvalue weighted by Crippen LogP contribution is 2.59. The third-order valence-electron chi connectivity index (χ3n) is 3.49. The first-order valence-corrected chi connectivity index (χ1v) is 6.58. The number of pyridine rings is 1. The molecule has 0 aliphatic rings. The summed E-state index contributed by atoms with van der Waals surface area (Å²) in [5.41, 5.74) is -22.1. The Bertz CT molecular complexity index is 773. The maximum absolute atomic E-state index is 14.2. The van der Waals surface area contributed by atoms with Crippen molar-refractivity contribution in [1.29, 1.82) is 0 Å². The number of ether oxygens (including phenoxy) is 1. The summed E-state index contributed by atoms with van der Waals surface area (Å²) in [5.74, 6) is -10.1. The zero-order valence-corrected chi connectivity index (χ0v) is 13.4. The summed E-state index contributed by atoms with van der Waals surface area (Å²) in [7, 11) is -0.0495. The van der Waals surface area contributed by atoms with Gasteiger partial charge in [0.15, 0.2) is 11.6 Å². The van der Waals surface area contributed by atoms with E-state index in [9.17, 15) is 70.2 Å². The Morgan fingerprint density at radius 1 is 0.600 bits per heavy atom. The lowest BCUT2D eigenvalue weighted by Gasteiger charge is -2.34. The molecule has 0 amide bonds. The van der Waals surface area contributed by atoms with E-state index < -0.39 is 64.8 Å². The van der Waals surface area contributed by atoms with Gasteiger partial charge in [0.25, 0.3) is 5.95 Å². The summed E-state index contributed by atoms with van der Waals surface area (Å²) in [4.78, 5) is 1.50. The average molecular weight is 481 g/mol. The van der Waals surface area contributed by atoms with E-state index in [0.717, 1.165) is 0 Å². The molecule has 18 heteroatoms. The van der Waals surface area contributed by atoms with E-state index in [1.54, 1.807) is 0 Å². The predicted molar refractivity (Wildman–Crippen MR) is 60.5 cm³/mol. The van der Waals surface area contributed by atoms with Gasteiger partial charge in [0, 0.05) is 0 Å². The summed E-state index contributed by atoms with van der Waals surface area (Å²) >= 11 is 0. The van der Waals surface area contributed by atoms with E-state index in [2.05, 4.69) is 4.74 Å². The molecule has 0 spiro atoms. The minimum absolute atomic E-state index is 0.0495. The highest BCUT2D eigenvalue weighted by Gasteiger charge is 2.79. The fourth-order valence-electron chi connectivity index (χ4n) is 2.11. The standard InChI is InChI=1S/C12H3F16NO/c1-30-4-2(7(15,9(17,18)19)10(20,21)22)3(13)5(29-6(4)14)8(16,11(23,24)25)12(26,27)28/h1H3. The Hall–Kier alpha value is -2.17. The van der Waals surface area contributed by atoms with Crippen LogP contribution in [0.5, 0.6) is 5.75 Å². The van der Waals surface area contributed by atoms with Crippen LogP contribution in [0.15, 0.2) is 0 Å². The van der Waals surface area contributed by atoms with Crippen LogP contribution < -0.4 is 4.74 Å². The molecule has 0 fully saturated rings. The van der Waals surface area contributed by atoms with Gasteiger partial charge in [-0.25, -0.2) is 18.2 Å². The van der Waals surface area contributed by atoms with Crippen molar-refractivity contribution in [2.75, 3.05) is 7.11 Å². The molecule has 174 valence electrons. The van der Waals surface area contributed by atoms with E-state index in [1.165, 1.54) is 4.98 Å². The fourth-order valence-corrected chi connectivity index (χ4v) is 2.11. The predicted octanol–water partition coefficient (Wildman–Crippen LogP) is 5.95. The zero-order chi connectivity index (χ0) is 24.3. The van der Waals surface area contributed by atoms with Gasteiger partial charge in [-0.15, -0.1) is 0 Å². The Morgan fingerprint density at radius 3 is 1.20 bits per heavy atom. The van der Waals surface area contributed by atoms with Crippen molar-refractivity contribution in [3.05, 3.63) is 23.0 Å². The second kappa shape index (κ2) is 6.93. The Balaban J connectivity index is 4.34. The van der Waals surface area contributed by atoms with Gasteiger partial charge in [-0.3, -0.25) is 0 Å². The van der Waals surface area contributed by atoms with Crippen LogP contribution in [0.2, 0.25) is 0 Å². The molecule has 1 rings (SSSR count). The molecule has 30 heavy (non-hydrogen) atoms. The molecule has 0 bridgehead atoms. The first-order valence-electron chi connectivity index (χ1n) is 6.58. The van der Waals surface area contributed by atoms with Crippen molar-refractivity contribution in [3.63, 3.8) is 0 Å². The fraction of sp³-hybridized carbons (Fsp3) is 0.583. The van der Waals surface area contributed by atoms with Crippen LogP contribution in [-0.2, 0) is 11.3 Å². The van der Waals surface area contributed by atoms with Gasteiger partial charge >= 0.3 is 36.0 Å². The zero-order valence-electron chi connectivity index (χ0n) is 13.4. The Morgan fingerprint density at radius 2 is 0.933 bits per heavy atom. The van der Waals surface area contributed by atoms with Crippen LogP contribution in [-0.4, -0.2) is 36.8 Å². The van der Waals surface area contributed by atoms with Crippen LogP contribution in [0.4, 0.5) is 70.2 Å². The smallest absolute Gasteiger partial charge is 0.437 e. The van der Waals surface area contributed by atoms with E-state index in [1.807, 2.05) is 0 Å².